The fourth-order valence-electron chi connectivity index (χ4n) is 2.27. The van der Waals surface area contributed by atoms with E-state index in [2.05, 4.69) is 15.3 Å². The van der Waals surface area contributed by atoms with Gasteiger partial charge in [-0.25, -0.2) is 9.78 Å². The lowest BCUT2D eigenvalue weighted by molar-refractivity contribution is -0.143. The molecule has 7 heteroatoms. The molecular weight excluding hydrogens is 250 g/mol. The second kappa shape index (κ2) is 5.75. The van der Waals surface area contributed by atoms with Crippen LogP contribution >= 0.6 is 0 Å². The number of aromatic carboxylic acids is 1. The number of nitrogens with zero attached hydrogens (tertiary/aromatic N) is 2. The molecule has 0 saturated carbocycles. The number of carbonyl (C=O) groups is 2. The van der Waals surface area contributed by atoms with Crippen molar-refractivity contribution < 1.29 is 19.8 Å². The van der Waals surface area contributed by atoms with Gasteiger partial charge in [-0.15, -0.1) is 0 Å². The molecule has 0 aromatic carbocycles. The first-order valence-corrected chi connectivity index (χ1v) is 6.05. The van der Waals surface area contributed by atoms with Crippen LogP contribution in [0.15, 0.2) is 12.4 Å². The Hall–Kier alpha value is -2.02. The Labute approximate surface area is 109 Å². The summed E-state index contributed by atoms with van der Waals surface area (Å²) in [6.45, 7) is 1.52. The maximum atomic E-state index is 11.3. The maximum Gasteiger partial charge on any atom is 0.356 e. The molecule has 1 aliphatic heterocycles. The van der Waals surface area contributed by atoms with Gasteiger partial charge in [0.25, 0.3) is 0 Å². The van der Waals surface area contributed by atoms with Crippen molar-refractivity contribution in [3.8, 4) is 0 Å². The van der Waals surface area contributed by atoms with Crippen LogP contribution in [0.3, 0.4) is 0 Å². The van der Waals surface area contributed by atoms with Crippen LogP contribution < -0.4 is 5.32 Å². The summed E-state index contributed by atoms with van der Waals surface area (Å²) < 4.78 is 0. The molecule has 2 heterocycles. The Morgan fingerprint density at radius 1 is 1.37 bits per heavy atom. The molecule has 0 spiro atoms. The Kier molecular flexibility index (Phi) is 4.06. The highest BCUT2D eigenvalue weighted by atomic mass is 16.4. The SMILES string of the molecule is O=C(O)c1cnc(C[C@H](C(=O)O)[C@H]2CCNC2)cn1. The lowest BCUT2D eigenvalue weighted by atomic mass is 9.88. The van der Waals surface area contributed by atoms with Crippen LogP contribution in [-0.4, -0.2) is 45.2 Å². The van der Waals surface area contributed by atoms with Gasteiger partial charge < -0.3 is 15.5 Å². The second-order valence-corrected chi connectivity index (χ2v) is 4.60. The van der Waals surface area contributed by atoms with Crippen LogP contribution in [0.5, 0.6) is 0 Å². The van der Waals surface area contributed by atoms with E-state index in [1.807, 2.05) is 0 Å². The predicted octanol–water partition coefficient (Wildman–Crippen LogP) is 0.0276. The number of aromatic nitrogens is 2. The van der Waals surface area contributed by atoms with Crippen LogP contribution in [0.2, 0.25) is 0 Å². The molecule has 0 bridgehead atoms. The average Bonchev–Trinajstić information content (AvgIpc) is 2.89. The quantitative estimate of drug-likeness (QED) is 0.688. The number of hydrogen-bond acceptors (Lipinski definition) is 5. The van der Waals surface area contributed by atoms with Crippen LogP contribution in [0.4, 0.5) is 0 Å². The molecule has 2 atom stereocenters. The zero-order valence-corrected chi connectivity index (χ0v) is 10.2. The molecule has 3 N–H and O–H groups in total. The summed E-state index contributed by atoms with van der Waals surface area (Å²) in [4.78, 5) is 29.7. The largest absolute Gasteiger partial charge is 0.481 e. The fourth-order valence-corrected chi connectivity index (χ4v) is 2.27. The van der Waals surface area contributed by atoms with Gasteiger partial charge in [0.05, 0.1) is 17.8 Å². The first-order chi connectivity index (χ1) is 9.08. The fraction of sp³-hybridized carbons (Fsp3) is 0.500. The third kappa shape index (κ3) is 3.25. The smallest absolute Gasteiger partial charge is 0.356 e. The number of aliphatic carboxylic acids is 1. The minimum atomic E-state index is -1.14. The standard InChI is InChI=1S/C12H15N3O4/c16-11(17)9(7-1-2-13-4-7)3-8-5-15-10(6-14-8)12(18)19/h5-7,9,13H,1-4H2,(H,16,17)(H,18,19)/t7-,9-/m0/s1. The summed E-state index contributed by atoms with van der Waals surface area (Å²) in [5, 5.41) is 21.1. The molecule has 1 fully saturated rings. The summed E-state index contributed by atoms with van der Waals surface area (Å²) in [5.41, 5.74) is 0.363. The monoisotopic (exact) mass is 265 g/mol. The van der Waals surface area contributed by atoms with E-state index in [9.17, 15) is 14.7 Å². The first kappa shape index (κ1) is 13.4. The number of hydrogen-bond donors (Lipinski definition) is 3. The normalized spacial score (nSPS) is 20.1. The lowest BCUT2D eigenvalue weighted by Gasteiger charge is -2.17. The lowest BCUT2D eigenvalue weighted by Crippen LogP contribution is -2.27. The van der Waals surface area contributed by atoms with E-state index >= 15 is 0 Å². The zero-order valence-electron chi connectivity index (χ0n) is 10.2. The van der Waals surface area contributed by atoms with Gasteiger partial charge in [-0.2, -0.15) is 0 Å². The molecule has 1 aliphatic rings. The van der Waals surface area contributed by atoms with Crippen molar-refractivity contribution >= 4 is 11.9 Å². The molecule has 2 rings (SSSR count). The number of rotatable bonds is 5. The van der Waals surface area contributed by atoms with Gasteiger partial charge in [0.15, 0.2) is 5.69 Å². The van der Waals surface area contributed by atoms with Gasteiger partial charge in [0, 0.05) is 12.6 Å². The van der Waals surface area contributed by atoms with Gasteiger partial charge in [0.2, 0.25) is 0 Å². The van der Waals surface area contributed by atoms with E-state index in [1.54, 1.807) is 0 Å². The van der Waals surface area contributed by atoms with Crippen molar-refractivity contribution in [2.24, 2.45) is 11.8 Å². The molecule has 0 radical (unpaired) electrons. The van der Waals surface area contributed by atoms with Crippen molar-refractivity contribution in [3.63, 3.8) is 0 Å². The number of nitrogens with one attached hydrogen (secondary N) is 1. The van der Waals surface area contributed by atoms with E-state index in [4.69, 9.17) is 5.11 Å². The summed E-state index contributed by atoms with van der Waals surface area (Å²) in [6, 6.07) is 0. The molecule has 0 amide bonds. The number of carboxylic acid groups (broad SMARTS) is 2. The van der Waals surface area contributed by atoms with Crippen LogP contribution in [0, 0.1) is 11.8 Å². The van der Waals surface area contributed by atoms with Crippen molar-refractivity contribution in [2.75, 3.05) is 13.1 Å². The molecular formula is C12H15N3O4. The summed E-state index contributed by atoms with van der Waals surface area (Å²) in [7, 11) is 0. The van der Waals surface area contributed by atoms with Crippen molar-refractivity contribution in [1.29, 1.82) is 0 Å². The zero-order chi connectivity index (χ0) is 13.8. The average molecular weight is 265 g/mol. The summed E-state index contributed by atoms with van der Waals surface area (Å²) in [5.74, 6) is -2.43. The highest BCUT2D eigenvalue weighted by molar-refractivity contribution is 5.84. The highest BCUT2D eigenvalue weighted by Crippen LogP contribution is 2.22. The molecule has 1 aromatic rings. The van der Waals surface area contributed by atoms with Gasteiger partial charge >= 0.3 is 11.9 Å². The van der Waals surface area contributed by atoms with Crippen LogP contribution in [0.25, 0.3) is 0 Å². The first-order valence-electron chi connectivity index (χ1n) is 6.05. The molecule has 1 aromatic heterocycles. The molecule has 0 aliphatic carbocycles. The van der Waals surface area contributed by atoms with Gasteiger partial charge in [0.1, 0.15) is 0 Å². The molecule has 102 valence electrons. The van der Waals surface area contributed by atoms with Gasteiger partial charge in [-0.05, 0) is 25.4 Å². The molecule has 1 saturated heterocycles. The predicted molar refractivity (Wildman–Crippen MR) is 64.8 cm³/mol. The van der Waals surface area contributed by atoms with Crippen LogP contribution in [0.1, 0.15) is 22.6 Å². The van der Waals surface area contributed by atoms with E-state index in [0.29, 0.717) is 12.2 Å². The summed E-state index contributed by atoms with van der Waals surface area (Å²) >= 11 is 0. The van der Waals surface area contributed by atoms with E-state index in [-0.39, 0.29) is 18.0 Å². The van der Waals surface area contributed by atoms with Crippen molar-refractivity contribution in [3.05, 3.63) is 23.8 Å². The Bertz CT molecular complexity index is 468. The third-order valence-corrected chi connectivity index (χ3v) is 3.34. The molecule has 7 nitrogen and oxygen atoms in total. The van der Waals surface area contributed by atoms with E-state index in [1.165, 1.54) is 6.20 Å². The minimum absolute atomic E-state index is 0.0819. The minimum Gasteiger partial charge on any atom is -0.481 e. The molecule has 0 unspecified atom stereocenters. The maximum absolute atomic E-state index is 11.3. The van der Waals surface area contributed by atoms with Gasteiger partial charge in [-0.3, -0.25) is 9.78 Å². The van der Waals surface area contributed by atoms with Crippen molar-refractivity contribution in [2.45, 2.75) is 12.8 Å². The van der Waals surface area contributed by atoms with Crippen LogP contribution in [-0.2, 0) is 11.2 Å². The van der Waals surface area contributed by atoms with Crippen molar-refractivity contribution in [1.82, 2.24) is 15.3 Å². The topological polar surface area (TPSA) is 112 Å². The summed E-state index contributed by atoms with van der Waals surface area (Å²) in [6.07, 6.45) is 3.59. The molecule has 19 heavy (non-hydrogen) atoms. The Morgan fingerprint density at radius 2 is 2.16 bits per heavy atom. The van der Waals surface area contributed by atoms with Gasteiger partial charge in [-0.1, -0.05) is 0 Å². The van der Waals surface area contributed by atoms with E-state index < -0.39 is 17.9 Å². The van der Waals surface area contributed by atoms with E-state index in [0.717, 1.165) is 19.2 Å². The second-order valence-electron chi connectivity index (χ2n) is 4.60. The number of carboxylic acids is 2. The third-order valence-electron chi connectivity index (χ3n) is 3.34. The highest BCUT2D eigenvalue weighted by Gasteiger charge is 2.31. The Morgan fingerprint density at radius 3 is 2.63 bits per heavy atom. The Balaban J connectivity index is 2.08.